The summed E-state index contributed by atoms with van der Waals surface area (Å²) in [6, 6.07) is 34.4. The van der Waals surface area contributed by atoms with E-state index in [4.69, 9.17) is 4.74 Å². The van der Waals surface area contributed by atoms with Gasteiger partial charge in [-0.05, 0) is 90.4 Å². The smallest absolute Gasteiger partial charge is 0.343 e. The quantitative estimate of drug-likeness (QED) is 0.0767. The van der Waals surface area contributed by atoms with Gasteiger partial charge in [0.25, 0.3) is 0 Å². The van der Waals surface area contributed by atoms with Gasteiger partial charge in [-0.1, -0.05) is 99.3 Å². The zero-order valence-electron chi connectivity index (χ0n) is 23.2. The van der Waals surface area contributed by atoms with Crippen LogP contribution in [0.4, 0.5) is 0 Å². The van der Waals surface area contributed by atoms with Crippen LogP contribution in [-0.2, 0) is 12.8 Å². The van der Waals surface area contributed by atoms with E-state index in [1.807, 2.05) is 48.7 Å². The molecule has 0 bridgehead atoms. The zero-order chi connectivity index (χ0) is 27.3. The van der Waals surface area contributed by atoms with Crippen LogP contribution in [0.1, 0.15) is 73.0 Å². The van der Waals surface area contributed by atoms with E-state index in [2.05, 4.69) is 67.4 Å². The van der Waals surface area contributed by atoms with E-state index < -0.39 is 0 Å². The summed E-state index contributed by atoms with van der Waals surface area (Å²) < 4.78 is 5.60. The maximum Gasteiger partial charge on any atom is 0.343 e. The van der Waals surface area contributed by atoms with Crippen LogP contribution in [-0.4, -0.2) is 18.2 Å². The van der Waals surface area contributed by atoms with Crippen molar-refractivity contribution in [2.24, 2.45) is 4.99 Å². The molecule has 0 aliphatic rings. The van der Waals surface area contributed by atoms with Crippen LogP contribution in [0.5, 0.6) is 5.75 Å². The summed E-state index contributed by atoms with van der Waals surface area (Å²) in [6.45, 7) is 4.36. The lowest BCUT2D eigenvalue weighted by atomic mass is 10.00. The van der Waals surface area contributed by atoms with E-state index >= 15 is 0 Å². The first kappa shape index (κ1) is 28.0. The number of benzene rings is 4. The average Bonchev–Trinajstić information content (AvgIpc) is 2.98. The maximum absolute atomic E-state index is 12.7. The monoisotopic (exact) mass is 517 g/mol. The molecule has 0 heterocycles. The Morgan fingerprint density at radius 1 is 0.744 bits per heavy atom. The van der Waals surface area contributed by atoms with Gasteiger partial charge >= 0.3 is 5.97 Å². The van der Waals surface area contributed by atoms with Crippen LogP contribution >= 0.6 is 0 Å². The van der Waals surface area contributed by atoms with Crippen LogP contribution in [0.2, 0.25) is 0 Å². The van der Waals surface area contributed by atoms with Gasteiger partial charge in [0.2, 0.25) is 0 Å². The van der Waals surface area contributed by atoms with Crippen molar-refractivity contribution < 1.29 is 9.53 Å². The number of unbranched alkanes of at least 4 members (excludes halogenated alkanes) is 4. The molecule has 4 aromatic carbocycles. The number of ether oxygens (including phenoxy) is 1. The van der Waals surface area contributed by atoms with Crippen LogP contribution < -0.4 is 4.74 Å². The molecule has 3 heteroatoms. The Morgan fingerprint density at radius 3 is 2.05 bits per heavy atom. The second-order valence-electron chi connectivity index (χ2n) is 10.2. The minimum Gasteiger partial charge on any atom is -0.423 e. The summed E-state index contributed by atoms with van der Waals surface area (Å²) in [5, 5.41) is 0. The first-order chi connectivity index (χ1) is 19.1. The fourth-order valence-electron chi connectivity index (χ4n) is 4.60. The molecule has 1 atom stereocenters. The molecule has 0 unspecified atom stereocenters. The number of rotatable bonds is 13. The molecule has 0 saturated heterocycles. The maximum atomic E-state index is 12.7. The van der Waals surface area contributed by atoms with Crippen LogP contribution in [0.25, 0.3) is 11.1 Å². The number of aryl methyl sites for hydroxylation is 1. The van der Waals surface area contributed by atoms with Gasteiger partial charge in [-0.25, -0.2) is 4.79 Å². The Bertz CT molecular complexity index is 1310. The van der Waals surface area contributed by atoms with Crippen molar-refractivity contribution in [2.75, 3.05) is 0 Å². The Morgan fingerprint density at radius 2 is 1.38 bits per heavy atom. The molecule has 200 valence electrons. The zero-order valence-corrected chi connectivity index (χ0v) is 23.2. The Kier molecular flexibility index (Phi) is 10.7. The molecular formula is C36H39NO2. The van der Waals surface area contributed by atoms with Gasteiger partial charge in [0, 0.05) is 6.21 Å². The standard InChI is InChI=1S/C36H39NO2/c1-3-4-5-6-8-11-29-14-18-32(19-15-29)33-20-22-34(23-21-33)36(38)39-35-24-16-31(17-25-35)27-37-28(2)26-30-12-9-7-10-13-30/h7,9-10,12-25,27-28H,3-6,8,11,26H2,1-2H3/t28-/m0/s1. The highest BCUT2D eigenvalue weighted by Gasteiger charge is 2.09. The second-order valence-corrected chi connectivity index (χ2v) is 10.2. The number of carbonyl (C=O) groups excluding carboxylic acids is 1. The normalized spacial score (nSPS) is 11.9. The van der Waals surface area contributed by atoms with Gasteiger partial charge in [0.15, 0.2) is 0 Å². The van der Waals surface area contributed by atoms with E-state index in [9.17, 15) is 4.79 Å². The number of carbonyl (C=O) groups is 1. The van der Waals surface area contributed by atoms with E-state index in [1.54, 1.807) is 12.1 Å². The fourth-order valence-corrected chi connectivity index (χ4v) is 4.60. The van der Waals surface area contributed by atoms with E-state index in [1.165, 1.54) is 43.2 Å². The van der Waals surface area contributed by atoms with Crippen molar-refractivity contribution >= 4 is 12.2 Å². The number of esters is 1. The van der Waals surface area contributed by atoms with Crippen molar-refractivity contribution in [1.82, 2.24) is 0 Å². The number of hydrogen-bond donors (Lipinski definition) is 0. The molecular weight excluding hydrogens is 478 g/mol. The van der Waals surface area contributed by atoms with Crippen molar-refractivity contribution in [3.8, 4) is 16.9 Å². The van der Waals surface area contributed by atoms with Gasteiger partial charge in [0.1, 0.15) is 5.75 Å². The van der Waals surface area contributed by atoms with Gasteiger partial charge in [-0.2, -0.15) is 0 Å². The van der Waals surface area contributed by atoms with Crippen molar-refractivity contribution in [1.29, 1.82) is 0 Å². The molecule has 0 spiro atoms. The summed E-state index contributed by atoms with van der Waals surface area (Å²) in [6.07, 6.45) is 10.4. The summed E-state index contributed by atoms with van der Waals surface area (Å²) in [4.78, 5) is 17.4. The summed E-state index contributed by atoms with van der Waals surface area (Å²) >= 11 is 0. The summed E-state index contributed by atoms with van der Waals surface area (Å²) in [7, 11) is 0. The third-order valence-corrected chi connectivity index (χ3v) is 6.92. The van der Waals surface area contributed by atoms with Crippen LogP contribution in [0.3, 0.4) is 0 Å². The molecule has 3 nitrogen and oxygen atoms in total. The summed E-state index contributed by atoms with van der Waals surface area (Å²) in [5.41, 5.74) is 6.41. The molecule has 0 aliphatic carbocycles. The lowest BCUT2D eigenvalue weighted by molar-refractivity contribution is 0.0735. The highest BCUT2D eigenvalue weighted by atomic mass is 16.5. The molecule has 0 N–H and O–H groups in total. The molecule has 0 aliphatic heterocycles. The van der Waals surface area contributed by atoms with Crippen molar-refractivity contribution in [3.05, 3.63) is 125 Å². The Balaban J connectivity index is 1.26. The molecule has 0 saturated carbocycles. The van der Waals surface area contributed by atoms with E-state index in [0.717, 1.165) is 29.5 Å². The summed E-state index contributed by atoms with van der Waals surface area (Å²) in [5.74, 6) is 0.154. The first-order valence-electron chi connectivity index (χ1n) is 14.2. The molecule has 0 radical (unpaired) electrons. The van der Waals surface area contributed by atoms with Crippen molar-refractivity contribution in [3.63, 3.8) is 0 Å². The Labute approximate surface area is 233 Å². The predicted octanol–water partition coefficient (Wildman–Crippen LogP) is 9.14. The first-order valence-corrected chi connectivity index (χ1v) is 14.2. The average molecular weight is 518 g/mol. The van der Waals surface area contributed by atoms with Crippen LogP contribution in [0.15, 0.2) is 108 Å². The van der Waals surface area contributed by atoms with Gasteiger partial charge in [0.05, 0.1) is 11.6 Å². The number of nitrogens with zero attached hydrogens (tertiary/aromatic N) is 1. The second kappa shape index (κ2) is 14.8. The predicted molar refractivity (Wildman–Crippen MR) is 163 cm³/mol. The number of hydrogen-bond acceptors (Lipinski definition) is 3. The SMILES string of the molecule is CCCCCCCc1ccc(-c2ccc(C(=O)Oc3ccc(C=N[C@@H](C)Cc4ccccc4)cc3)cc2)cc1. The third kappa shape index (κ3) is 9.07. The highest BCUT2D eigenvalue weighted by molar-refractivity contribution is 5.91. The molecule has 0 fully saturated rings. The lowest BCUT2D eigenvalue weighted by Gasteiger charge is -2.08. The van der Waals surface area contributed by atoms with Gasteiger partial charge < -0.3 is 4.74 Å². The third-order valence-electron chi connectivity index (χ3n) is 6.92. The molecule has 0 aromatic heterocycles. The van der Waals surface area contributed by atoms with Gasteiger partial charge in [-0.3, -0.25) is 4.99 Å². The molecule has 39 heavy (non-hydrogen) atoms. The van der Waals surface area contributed by atoms with Crippen molar-refractivity contribution in [2.45, 2.75) is 64.8 Å². The molecule has 0 amide bonds. The van der Waals surface area contributed by atoms with E-state index in [-0.39, 0.29) is 12.0 Å². The van der Waals surface area contributed by atoms with Gasteiger partial charge in [-0.15, -0.1) is 0 Å². The topological polar surface area (TPSA) is 38.7 Å². The van der Waals surface area contributed by atoms with E-state index in [0.29, 0.717) is 11.3 Å². The van der Waals surface area contributed by atoms with Crippen LogP contribution in [0, 0.1) is 0 Å². The highest BCUT2D eigenvalue weighted by Crippen LogP contribution is 2.22. The lowest BCUT2D eigenvalue weighted by Crippen LogP contribution is -2.08. The molecule has 4 aromatic rings. The molecule has 4 rings (SSSR count). The fraction of sp³-hybridized carbons (Fsp3) is 0.278. The Hall–Kier alpha value is -3.98. The minimum absolute atomic E-state index is 0.186. The number of aliphatic imine (C=N–C) groups is 1. The largest absolute Gasteiger partial charge is 0.423 e. The minimum atomic E-state index is -0.363.